The highest BCUT2D eigenvalue weighted by molar-refractivity contribution is 5.93. The Morgan fingerprint density at radius 2 is 1.80 bits per heavy atom. The number of aliphatic hydroxyl groups is 1. The molecule has 0 aromatic carbocycles. The lowest BCUT2D eigenvalue weighted by Crippen LogP contribution is -2.47. The summed E-state index contributed by atoms with van der Waals surface area (Å²) in [4.78, 5) is 14.3. The highest BCUT2D eigenvalue weighted by Crippen LogP contribution is 2.50. The maximum Gasteiger partial charge on any atom is 0.346 e. The molecule has 1 aliphatic heterocycles. The van der Waals surface area contributed by atoms with Gasteiger partial charge in [0.1, 0.15) is 5.57 Å². The fourth-order valence-electron chi connectivity index (χ4n) is 2.63. The third kappa shape index (κ3) is 2.45. The van der Waals surface area contributed by atoms with E-state index in [9.17, 15) is 9.90 Å². The normalized spacial score (nSPS) is 23.1. The van der Waals surface area contributed by atoms with Crippen molar-refractivity contribution in [3.63, 3.8) is 0 Å². The van der Waals surface area contributed by atoms with Gasteiger partial charge in [-0.2, -0.15) is 0 Å². The number of carbonyl (C=O) groups excluding carboxylic acids is 1. The van der Waals surface area contributed by atoms with Crippen molar-refractivity contribution in [3.8, 4) is 0 Å². The van der Waals surface area contributed by atoms with Crippen molar-refractivity contribution in [2.45, 2.75) is 38.0 Å². The van der Waals surface area contributed by atoms with Crippen molar-refractivity contribution >= 4 is 5.97 Å². The van der Waals surface area contributed by atoms with Gasteiger partial charge < -0.3 is 14.6 Å². The Morgan fingerprint density at radius 1 is 1.25 bits per heavy atom. The van der Waals surface area contributed by atoms with Crippen molar-refractivity contribution in [1.29, 1.82) is 0 Å². The van der Waals surface area contributed by atoms with Crippen molar-refractivity contribution < 1.29 is 19.4 Å². The molecule has 1 saturated carbocycles. The highest BCUT2D eigenvalue weighted by atomic mass is 16.8. The molecule has 1 N–H and O–H groups in total. The summed E-state index contributed by atoms with van der Waals surface area (Å²) in [5.41, 5.74) is -0.319. The van der Waals surface area contributed by atoms with Crippen LogP contribution in [-0.2, 0) is 14.3 Å². The lowest BCUT2D eigenvalue weighted by Gasteiger charge is -2.37. The molecule has 20 heavy (non-hydrogen) atoms. The number of hydrogen-bond donors (Lipinski definition) is 1. The van der Waals surface area contributed by atoms with E-state index in [1.807, 2.05) is 4.90 Å². The predicted octanol–water partition coefficient (Wildman–Crippen LogP) is 2.27. The van der Waals surface area contributed by atoms with E-state index in [2.05, 4.69) is 13.2 Å². The van der Waals surface area contributed by atoms with Crippen LogP contribution in [0.25, 0.3) is 0 Å². The summed E-state index contributed by atoms with van der Waals surface area (Å²) in [7, 11) is 0. The largest absolute Gasteiger partial charge is 0.480 e. The van der Waals surface area contributed by atoms with Crippen LogP contribution >= 0.6 is 0 Å². The van der Waals surface area contributed by atoms with E-state index in [4.69, 9.17) is 9.47 Å². The van der Waals surface area contributed by atoms with Gasteiger partial charge in [0, 0.05) is 26.9 Å². The molecule has 1 heterocycles. The Hall–Kier alpha value is -1.75. The zero-order valence-electron chi connectivity index (χ0n) is 12.0. The fraction of sp³-hybridized carbons (Fsp3) is 0.533. The molecule has 1 aliphatic carbocycles. The number of aliphatic hydroxyl groups excluding tert-OH is 1. The van der Waals surface area contributed by atoms with E-state index >= 15 is 0 Å². The van der Waals surface area contributed by atoms with Crippen LogP contribution in [0, 0.1) is 0 Å². The Balaban J connectivity index is 2.35. The number of nitrogens with zero attached hydrogens (tertiary/aromatic N) is 1. The van der Waals surface area contributed by atoms with E-state index in [1.165, 1.54) is 0 Å². The molecule has 0 saturated heterocycles. The van der Waals surface area contributed by atoms with Crippen LogP contribution in [0.2, 0.25) is 0 Å². The van der Waals surface area contributed by atoms with Gasteiger partial charge >= 0.3 is 5.97 Å². The van der Waals surface area contributed by atoms with Crippen LogP contribution in [0.4, 0.5) is 0 Å². The summed E-state index contributed by atoms with van der Waals surface area (Å²) < 4.78 is 10.5. The van der Waals surface area contributed by atoms with Gasteiger partial charge in [-0.25, -0.2) is 4.79 Å². The number of cyclic esters (lactones) is 1. The molecule has 0 spiro atoms. The minimum absolute atomic E-state index is 0.209. The number of carbonyl (C=O) groups is 1. The molecule has 0 aromatic rings. The van der Waals surface area contributed by atoms with Gasteiger partial charge in [0.2, 0.25) is 0 Å². The molecule has 2 aliphatic rings. The van der Waals surface area contributed by atoms with Gasteiger partial charge in [-0.3, -0.25) is 4.90 Å². The third-order valence-electron chi connectivity index (χ3n) is 3.59. The maximum absolute atomic E-state index is 12.2. The molecular formula is C15H21NO4. The number of ether oxygens (including phenoxy) is 2. The van der Waals surface area contributed by atoms with E-state index < -0.39 is 17.3 Å². The second-order valence-corrected chi connectivity index (χ2v) is 5.59. The molecule has 2 rings (SSSR count). The zero-order chi connectivity index (χ0) is 15.0. The Bertz CT molecular complexity index is 464. The summed E-state index contributed by atoms with van der Waals surface area (Å²) in [5, 5.41) is 10.1. The minimum atomic E-state index is -1.14. The summed E-state index contributed by atoms with van der Waals surface area (Å²) in [6.07, 6.45) is 5.07. The summed E-state index contributed by atoms with van der Waals surface area (Å²) in [5.74, 6) is -1.99. The molecule has 0 bridgehead atoms. The van der Waals surface area contributed by atoms with Gasteiger partial charge in [0.05, 0.1) is 5.54 Å². The lowest BCUT2D eigenvalue weighted by molar-refractivity contribution is -0.223. The van der Waals surface area contributed by atoms with Crippen molar-refractivity contribution in [2.24, 2.45) is 0 Å². The Labute approximate surface area is 119 Å². The second kappa shape index (κ2) is 4.98. The molecule has 5 nitrogen and oxygen atoms in total. The molecule has 0 amide bonds. The zero-order valence-corrected chi connectivity index (χ0v) is 12.0. The molecular weight excluding hydrogens is 258 g/mol. The summed E-state index contributed by atoms with van der Waals surface area (Å²) >= 11 is 0. The summed E-state index contributed by atoms with van der Waals surface area (Å²) in [6, 6.07) is 0. The van der Waals surface area contributed by atoms with Crippen LogP contribution < -0.4 is 0 Å². The van der Waals surface area contributed by atoms with Crippen LogP contribution in [0.5, 0.6) is 0 Å². The van der Waals surface area contributed by atoms with E-state index in [0.717, 1.165) is 12.8 Å². The molecule has 0 atom stereocenters. The molecule has 0 unspecified atom stereocenters. The van der Waals surface area contributed by atoms with Crippen LogP contribution in [-0.4, -0.2) is 40.4 Å². The van der Waals surface area contributed by atoms with E-state index in [-0.39, 0.29) is 11.5 Å². The van der Waals surface area contributed by atoms with Gasteiger partial charge in [0.25, 0.3) is 11.7 Å². The van der Waals surface area contributed by atoms with Crippen LogP contribution in [0.1, 0.15) is 26.7 Å². The molecule has 110 valence electrons. The molecule has 0 aromatic heterocycles. The average Bonchev–Trinajstić information content (AvgIpc) is 3.07. The number of hydrogen-bond acceptors (Lipinski definition) is 5. The van der Waals surface area contributed by atoms with Gasteiger partial charge in [-0.05, 0) is 12.8 Å². The van der Waals surface area contributed by atoms with E-state index in [0.29, 0.717) is 13.1 Å². The fourth-order valence-corrected chi connectivity index (χ4v) is 2.63. The molecule has 5 heteroatoms. The molecule has 0 radical (unpaired) electrons. The van der Waals surface area contributed by atoms with Crippen molar-refractivity contribution in [1.82, 2.24) is 4.90 Å². The quantitative estimate of drug-likeness (QED) is 0.597. The van der Waals surface area contributed by atoms with Crippen LogP contribution in [0.3, 0.4) is 0 Å². The SMILES string of the molecule is C=CCN(CC=C)C1(C2=C(O)OC(C)(C)OC2=O)CC1. The minimum Gasteiger partial charge on any atom is -0.480 e. The standard InChI is InChI=1S/C15H21NO4/c1-5-9-16(10-6-2)15(7-8-15)11-12(17)19-14(3,4)20-13(11)18/h5-6,17H,1-2,7-10H2,3-4H3. The Kier molecular flexibility index (Phi) is 3.65. The van der Waals surface area contributed by atoms with Gasteiger partial charge in [0.15, 0.2) is 0 Å². The predicted molar refractivity (Wildman–Crippen MR) is 74.8 cm³/mol. The van der Waals surface area contributed by atoms with Crippen LogP contribution in [0.15, 0.2) is 36.8 Å². The van der Waals surface area contributed by atoms with E-state index in [1.54, 1.807) is 26.0 Å². The van der Waals surface area contributed by atoms with Crippen molar-refractivity contribution in [2.75, 3.05) is 13.1 Å². The first kappa shape index (κ1) is 14.7. The first-order valence-corrected chi connectivity index (χ1v) is 6.69. The maximum atomic E-state index is 12.2. The second-order valence-electron chi connectivity index (χ2n) is 5.59. The number of esters is 1. The highest BCUT2D eigenvalue weighted by Gasteiger charge is 2.58. The molecule has 1 fully saturated rings. The first-order valence-electron chi connectivity index (χ1n) is 6.69. The smallest absolute Gasteiger partial charge is 0.346 e. The number of rotatable bonds is 6. The monoisotopic (exact) mass is 279 g/mol. The Morgan fingerprint density at radius 3 is 2.20 bits per heavy atom. The first-order chi connectivity index (χ1) is 9.36. The van der Waals surface area contributed by atoms with Gasteiger partial charge in [-0.15, -0.1) is 13.2 Å². The lowest BCUT2D eigenvalue weighted by atomic mass is 10.0. The van der Waals surface area contributed by atoms with Crippen molar-refractivity contribution in [3.05, 3.63) is 36.8 Å². The summed E-state index contributed by atoms with van der Waals surface area (Å²) in [6.45, 7) is 11.8. The third-order valence-corrected chi connectivity index (χ3v) is 3.59. The topological polar surface area (TPSA) is 59.0 Å². The van der Waals surface area contributed by atoms with Gasteiger partial charge in [-0.1, -0.05) is 12.2 Å². The average molecular weight is 279 g/mol.